The molecule has 1 aliphatic carbocycles. The molecule has 0 spiro atoms. The van der Waals surface area contributed by atoms with Crippen molar-refractivity contribution in [1.29, 1.82) is 0 Å². The maximum Gasteiger partial charge on any atom is 0.209 e. The number of rotatable bonds is 4. The summed E-state index contributed by atoms with van der Waals surface area (Å²) in [6, 6.07) is 15.2. The maximum atomic E-state index is 5.67. The molecule has 23 heavy (non-hydrogen) atoms. The number of benzene rings is 2. The molecule has 0 amide bonds. The largest absolute Gasteiger partial charge is 0.369 e. The number of hydrogen-bond acceptors (Lipinski definition) is 2. The van der Waals surface area contributed by atoms with Crippen molar-refractivity contribution in [3.63, 3.8) is 0 Å². The van der Waals surface area contributed by atoms with Gasteiger partial charge in [0.25, 0.3) is 0 Å². The second-order valence-corrected chi connectivity index (χ2v) is 5.73. The number of nitrogens with two attached hydrogens (primary N) is 1. The van der Waals surface area contributed by atoms with Crippen LogP contribution < -0.4 is 11.2 Å². The zero-order chi connectivity index (χ0) is 16.2. The number of hydrazone groups is 1. The van der Waals surface area contributed by atoms with E-state index in [1.54, 1.807) is 7.05 Å². The summed E-state index contributed by atoms with van der Waals surface area (Å²) >= 11 is 0. The van der Waals surface area contributed by atoms with E-state index in [1.165, 1.54) is 22.3 Å². The van der Waals surface area contributed by atoms with E-state index in [2.05, 4.69) is 64.9 Å². The molecule has 0 bridgehead atoms. The van der Waals surface area contributed by atoms with Gasteiger partial charge in [-0.2, -0.15) is 5.10 Å². The summed E-state index contributed by atoms with van der Waals surface area (Å²) in [7, 11) is 1.64. The molecule has 1 aliphatic rings. The van der Waals surface area contributed by atoms with Gasteiger partial charge < -0.3 is 5.73 Å². The fraction of sp³-hybridized carbons (Fsp3) is 0.263. The third-order valence-electron chi connectivity index (χ3n) is 4.16. The van der Waals surface area contributed by atoms with Crippen molar-refractivity contribution in [1.82, 2.24) is 5.43 Å². The van der Waals surface area contributed by atoms with Crippen LogP contribution in [0, 0.1) is 0 Å². The molecule has 4 heteroatoms. The third kappa shape index (κ3) is 3.11. The Morgan fingerprint density at radius 3 is 2.70 bits per heavy atom. The monoisotopic (exact) mass is 306 g/mol. The van der Waals surface area contributed by atoms with Gasteiger partial charge in [-0.3, -0.25) is 4.99 Å². The Bertz CT molecular complexity index is 775. The van der Waals surface area contributed by atoms with Crippen LogP contribution in [0.3, 0.4) is 0 Å². The van der Waals surface area contributed by atoms with E-state index in [0.29, 0.717) is 5.96 Å². The molecule has 4 nitrogen and oxygen atoms in total. The Kier molecular flexibility index (Phi) is 4.42. The van der Waals surface area contributed by atoms with Gasteiger partial charge in [0.2, 0.25) is 5.96 Å². The number of aliphatic imine (C=N–C) groups is 1. The first kappa shape index (κ1) is 15.3. The second kappa shape index (κ2) is 6.65. The highest BCUT2D eigenvalue weighted by Crippen LogP contribution is 2.36. The van der Waals surface area contributed by atoms with Crippen LogP contribution in [0.5, 0.6) is 0 Å². The average Bonchev–Trinajstić information content (AvgIpc) is 2.95. The number of nitrogens with one attached hydrogen (secondary N) is 1. The van der Waals surface area contributed by atoms with Crippen molar-refractivity contribution in [3.05, 3.63) is 59.2 Å². The molecule has 0 heterocycles. The Hall–Kier alpha value is -2.62. The van der Waals surface area contributed by atoms with Gasteiger partial charge in [0.05, 0.1) is 5.71 Å². The van der Waals surface area contributed by atoms with Crippen LogP contribution in [0.2, 0.25) is 0 Å². The molecule has 2 aromatic carbocycles. The van der Waals surface area contributed by atoms with Gasteiger partial charge in [0.1, 0.15) is 0 Å². The van der Waals surface area contributed by atoms with Crippen molar-refractivity contribution in [2.24, 2.45) is 15.8 Å². The summed E-state index contributed by atoms with van der Waals surface area (Å²) in [6.07, 6.45) is 2.92. The van der Waals surface area contributed by atoms with Crippen LogP contribution in [0.1, 0.15) is 36.5 Å². The highest BCUT2D eigenvalue weighted by atomic mass is 15.4. The van der Waals surface area contributed by atoms with Crippen LogP contribution in [-0.2, 0) is 6.42 Å². The molecule has 0 atom stereocenters. The predicted molar refractivity (Wildman–Crippen MR) is 96.8 cm³/mol. The fourth-order valence-corrected chi connectivity index (χ4v) is 3.00. The highest BCUT2D eigenvalue weighted by Gasteiger charge is 2.18. The first-order valence-corrected chi connectivity index (χ1v) is 7.99. The molecule has 0 aliphatic heterocycles. The van der Waals surface area contributed by atoms with Crippen molar-refractivity contribution >= 4 is 11.7 Å². The fourth-order valence-electron chi connectivity index (χ4n) is 3.00. The highest BCUT2D eigenvalue weighted by molar-refractivity contribution is 6.02. The normalized spacial score (nSPS) is 13.7. The Morgan fingerprint density at radius 2 is 1.91 bits per heavy atom. The molecule has 0 radical (unpaired) electrons. The molecule has 118 valence electrons. The summed E-state index contributed by atoms with van der Waals surface area (Å²) in [5.41, 5.74) is 16.1. The van der Waals surface area contributed by atoms with Crippen molar-refractivity contribution in [3.8, 4) is 11.1 Å². The van der Waals surface area contributed by atoms with Gasteiger partial charge in [0.15, 0.2) is 0 Å². The topological polar surface area (TPSA) is 62.8 Å². The van der Waals surface area contributed by atoms with Crippen LogP contribution in [0.4, 0.5) is 0 Å². The molecule has 2 aromatic rings. The summed E-state index contributed by atoms with van der Waals surface area (Å²) in [5.74, 6) is 0.326. The number of nitrogens with zero attached hydrogens (tertiary/aromatic N) is 2. The molecular formula is C19H22N4. The SMILES string of the molecule is CCCC(=NNC(N)=NC)c1ccc2c(c1)Cc1ccccc1-2. The zero-order valence-electron chi connectivity index (χ0n) is 13.6. The lowest BCUT2D eigenvalue weighted by atomic mass is 9.99. The molecule has 0 fully saturated rings. The summed E-state index contributed by atoms with van der Waals surface area (Å²) in [4.78, 5) is 3.88. The number of hydrogen-bond donors (Lipinski definition) is 2. The number of fused-ring (bicyclic) bond motifs is 3. The Balaban J connectivity index is 1.93. The minimum Gasteiger partial charge on any atom is -0.369 e. The van der Waals surface area contributed by atoms with E-state index < -0.39 is 0 Å². The summed E-state index contributed by atoms with van der Waals surface area (Å²) < 4.78 is 0. The molecule has 0 aromatic heterocycles. The summed E-state index contributed by atoms with van der Waals surface area (Å²) in [5, 5.41) is 4.44. The van der Waals surface area contributed by atoms with E-state index in [4.69, 9.17) is 5.73 Å². The Labute approximate surface area is 137 Å². The summed E-state index contributed by atoms with van der Waals surface area (Å²) in [6.45, 7) is 2.15. The van der Waals surface area contributed by atoms with Crippen LogP contribution in [-0.4, -0.2) is 18.7 Å². The second-order valence-electron chi connectivity index (χ2n) is 5.73. The molecule has 3 rings (SSSR count). The van der Waals surface area contributed by atoms with Crippen molar-refractivity contribution < 1.29 is 0 Å². The van der Waals surface area contributed by atoms with Gasteiger partial charge in [-0.25, -0.2) is 5.43 Å². The Morgan fingerprint density at radius 1 is 1.13 bits per heavy atom. The van der Waals surface area contributed by atoms with Crippen LogP contribution in [0.25, 0.3) is 11.1 Å². The van der Waals surface area contributed by atoms with E-state index >= 15 is 0 Å². The van der Waals surface area contributed by atoms with Crippen molar-refractivity contribution in [2.75, 3.05) is 7.05 Å². The third-order valence-corrected chi connectivity index (χ3v) is 4.16. The van der Waals surface area contributed by atoms with Crippen molar-refractivity contribution in [2.45, 2.75) is 26.2 Å². The van der Waals surface area contributed by atoms with Crippen LogP contribution in [0.15, 0.2) is 52.6 Å². The molecule has 0 saturated heterocycles. The molecule has 3 N–H and O–H groups in total. The first-order valence-electron chi connectivity index (χ1n) is 7.99. The first-order chi connectivity index (χ1) is 11.2. The van der Waals surface area contributed by atoms with Gasteiger partial charge in [0, 0.05) is 7.05 Å². The van der Waals surface area contributed by atoms with Gasteiger partial charge in [-0.15, -0.1) is 0 Å². The molecular weight excluding hydrogens is 284 g/mol. The smallest absolute Gasteiger partial charge is 0.209 e. The molecule has 0 unspecified atom stereocenters. The van der Waals surface area contributed by atoms with E-state index in [-0.39, 0.29) is 0 Å². The lowest BCUT2D eigenvalue weighted by molar-refractivity contribution is 0.940. The van der Waals surface area contributed by atoms with Gasteiger partial charge in [-0.05, 0) is 46.7 Å². The zero-order valence-corrected chi connectivity index (χ0v) is 13.6. The van der Waals surface area contributed by atoms with Crippen LogP contribution >= 0.6 is 0 Å². The maximum absolute atomic E-state index is 5.67. The minimum atomic E-state index is 0.326. The average molecular weight is 306 g/mol. The van der Waals surface area contributed by atoms with Gasteiger partial charge >= 0.3 is 0 Å². The minimum absolute atomic E-state index is 0.326. The predicted octanol–water partition coefficient (Wildman–Crippen LogP) is 3.30. The molecule has 0 saturated carbocycles. The lowest BCUT2D eigenvalue weighted by Crippen LogP contribution is -2.28. The van der Waals surface area contributed by atoms with E-state index in [9.17, 15) is 0 Å². The number of guanidine groups is 1. The lowest BCUT2D eigenvalue weighted by Gasteiger charge is -2.09. The van der Waals surface area contributed by atoms with Gasteiger partial charge in [-0.1, -0.05) is 49.7 Å². The quantitative estimate of drug-likeness (QED) is 0.441. The van der Waals surface area contributed by atoms with E-state index in [0.717, 1.165) is 30.5 Å². The standard InChI is InChI=1S/C19H22N4/c1-3-6-18(22-23-19(20)21-2)14-9-10-17-15(12-14)11-13-7-4-5-8-16(13)17/h4-5,7-10,12H,3,6,11H2,1-2H3,(H3,20,21,23). The van der Waals surface area contributed by atoms with E-state index in [1.807, 2.05) is 0 Å².